The van der Waals surface area contributed by atoms with Gasteiger partial charge in [0.15, 0.2) is 0 Å². The summed E-state index contributed by atoms with van der Waals surface area (Å²) in [5.74, 6) is 4.22. The van der Waals surface area contributed by atoms with Gasteiger partial charge in [-0.25, -0.2) is 14.2 Å². The number of hydrazine groups is 1. The summed E-state index contributed by atoms with van der Waals surface area (Å²) in [6.07, 6.45) is 0. The van der Waals surface area contributed by atoms with Gasteiger partial charge in [-0.3, -0.25) is 5.84 Å². The molecule has 0 aliphatic carbocycles. The minimum Gasteiger partial charge on any atom is -0.271 e. The Balaban J connectivity index is 2.53. The summed E-state index contributed by atoms with van der Waals surface area (Å²) in [6, 6.07) is 8.46. The standard InChI is InChI=1S/C14H13BrF2N2/c1-8-7-9(5-6-10(8)15)14(19-18)13-11(16)3-2-4-12(13)17/h2-7,14,19H,18H2,1H3. The molecule has 3 N–H and O–H groups in total. The molecule has 0 bridgehead atoms. The third kappa shape index (κ3) is 2.83. The molecular formula is C14H13BrF2N2. The van der Waals surface area contributed by atoms with Crippen LogP contribution >= 0.6 is 15.9 Å². The second kappa shape index (κ2) is 5.77. The van der Waals surface area contributed by atoms with Gasteiger partial charge < -0.3 is 0 Å². The highest BCUT2D eigenvalue weighted by molar-refractivity contribution is 9.10. The molecular weight excluding hydrogens is 314 g/mol. The highest BCUT2D eigenvalue weighted by Crippen LogP contribution is 2.28. The van der Waals surface area contributed by atoms with Crippen LogP contribution in [0.5, 0.6) is 0 Å². The summed E-state index contributed by atoms with van der Waals surface area (Å²) >= 11 is 3.39. The van der Waals surface area contributed by atoms with Gasteiger partial charge in [0.05, 0.1) is 6.04 Å². The molecule has 0 amide bonds. The largest absolute Gasteiger partial charge is 0.271 e. The number of rotatable bonds is 3. The molecule has 0 aliphatic rings. The van der Waals surface area contributed by atoms with E-state index in [1.54, 1.807) is 6.07 Å². The van der Waals surface area contributed by atoms with Crippen molar-refractivity contribution >= 4 is 15.9 Å². The van der Waals surface area contributed by atoms with E-state index < -0.39 is 17.7 Å². The number of benzene rings is 2. The van der Waals surface area contributed by atoms with E-state index >= 15 is 0 Å². The van der Waals surface area contributed by atoms with Gasteiger partial charge in [0.1, 0.15) is 11.6 Å². The highest BCUT2D eigenvalue weighted by Gasteiger charge is 2.21. The van der Waals surface area contributed by atoms with E-state index in [0.29, 0.717) is 5.56 Å². The third-order valence-electron chi connectivity index (χ3n) is 2.97. The van der Waals surface area contributed by atoms with Crippen molar-refractivity contribution in [1.82, 2.24) is 5.43 Å². The Bertz CT molecular complexity index is 582. The number of hydrogen-bond donors (Lipinski definition) is 2. The normalized spacial score (nSPS) is 12.5. The van der Waals surface area contributed by atoms with Crippen molar-refractivity contribution in [3.05, 3.63) is 69.2 Å². The Morgan fingerprint density at radius 3 is 2.32 bits per heavy atom. The average Bonchev–Trinajstić information content (AvgIpc) is 2.37. The molecule has 100 valence electrons. The predicted molar refractivity (Wildman–Crippen MR) is 74.4 cm³/mol. The summed E-state index contributed by atoms with van der Waals surface area (Å²) in [4.78, 5) is 0. The highest BCUT2D eigenvalue weighted by atomic mass is 79.9. The molecule has 2 nitrogen and oxygen atoms in total. The Hall–Kier alpha value is -1.30. The van der Waals surface area contributed by atoms with Crippen LogP contribution in [0.3, 0.4) is 0 Å². The molecule has 1 unspecified atom stereocenters. The maximum Gasteiger partial charge on any atom is 0.131 e. The van der Waals surface area contributed by atoms with Crippen LogP contribution in [0.15, 0.2) is 40.9 Å². The second-order valence-electron chi connectivity index (χ2n) is 4.24. The lowest BCUT2D eigenvalue weighted by Crippen LogP contribution is -2.30. The first-order valence-corrected chi connectivity index (χ1v) is 6.50. The maximum absolute atomic E-state index is 13.8. The maximum atomic E-state index is 13.8. The lowest BCUT2D eigenvalue weighted by molar-refractivity contribution is 0.510. The van der Waals surface area contributed by atoms with Crippen molar-refractivity contribution in [3.63, 3.8) is 0 Å². The lowest BCUT2D eigenvalue weighted by atomic mass is 9.97. The number of nitrogens with one attached hydrogen (secondary N) is 1. The van der Waals surface area contributed by atoms with Crippen LogP contribution in [0.25, 0.3) is 0 Å². The van der Waals surface area contributed by atoms with E-state index in [2.05, 4.69) is 21.4 Å². The Morgan fingerprint density at radius 1 is 1.16 bits per heavy atom. The summed E-state index contributed by atoms with van der Waals surface area (Å²) in [5, 5.41) is 0. The van der Waals surface area contributed by atoms with Gasteiger partial charge >= 0.3 is 0 Å². The predicted octanol–water partition coefficient (Wildman–Crippen LogP) is 3.59. The molecule has 0 saturated carbocycles. The lowest BCUT2D eigenvalue weighted by Gasteiger charge is -2.19. The van der Waals surface area contributed by atoms with Gasteiger partial charge in [0, 0.05) is 10.0 Å². The smallest absolute Gasteiger partial charge is 0.131 e. The molecule has 19 heavy (non-hydrogen) atoms. The Kier molecular flexibility index (Phi) is 4.29. The summed E-state index contributed by atoms with van der Waals surface area (Å²) < 4.78 is 28.5. The number of nitrogens with two attached hydrogens (primary N) is 1. The van der Waals surface area contributed by atoms with E-state index in [-0.39, 0.29) is 5.56 Å². The van der Waals surface area contributed by atoms with Crippen molar-refractivity contribution in [2.75, 3.05) is 0 Å². The van der Waals surface area contributed by atoms with E-state index in [0.717, 1.165) is 10.0 Å². The molecule has 0 radical (unpaired) electrons. The van der Waals surface area contributed by atoms with Crippen LogP contribution in [-0.4, -0.2) is 0 Å². The van der Waals surface area contributed by atoms with E-state index in [4.69, 9.17) is 5.84 Å². The van der Waals surface area contributed by atoms with Crippen LogP contribution in [0.2, 0.25) is 0 Å². The SMILES string of the molecule is Cc1cc(C(NN)c2c(F)cccc2F)ccc1Br. The van der Waals surface area contributed by atoms with Gasteiger partial charge in [0.2, 0.25) is 0 Å². The third-order valence-corrected chi connectivity index (χ3v) is 3.86. The summed E-state index contributed by atoms with van der Waals surface area (Å²) in [7, 11) is 0. The number of aryl methyl sites for hydroxylation is 1. The zero-order valence-corrected chi connectivity index (χ0v) is 11.8. The van der Waals surface area contributed by atoms with Crippen LogP contribution < -0.4 is 11.3 Å². The molecule has 0 fully saturated rings. The molecule has 0 aliphatic heterocycles. The van der Waals surface area contributed by atoms with Crippen LogP contribution in [0, 0.1) is 18.6 Å². The molecule has 2 rings (SSSR count). The summed E-state index contributed by atoms with van der Waals surface area (Å²) in [5.41, 5.74) is 4.06. The van der Waals surface area contributed by atoms with Gasteiger partial charge in [0.25, 0.3) is 0 Å². The molecule has 0 heterocycles. The summed E-state index contributed by atoms with van der Waals surface area (Å²) in [6.45, 7) is 1.90. The second-order valence-corrected chi connectivity index (χ2v) is 5.10. The minimum atomic E-state index is -0.729. The first kappa shape index (κ1) is 14.1. The first-order chi connectivity index (χ1) is 9.04. The first-order valence-electron chi connectivity index (χ1n) is 5.70. The van der Waals surface area contributed by atoms with Crippen molar-refractivity contribution in [2.24, 2.45) is 5.84 Å². The number of halogens is 3. The van der Waals surface area contributed by atoms with Crippen LogP contribution in [-0.2, 0) is 0 Å². The molecule has 0 saturated heterocycles. The molecule has 0 spiro atoms. The van der Waals surface area contributed by atoms with Gasteiger partial charge in [-0.15, -0.1) is 0 Å². The fourth-order valence-corrected chi connectivity index (χ4v) is 2.23. The van der Waals surface area contributed by atoms with E-state index in [1.807, 2.05) is 19.1 Å². The zero-order chi connectivity index (χ0) is 14.0. The minimum absolute atomic E-state index is 0.0771. The topological polar surface area (TPSA) is 38.0 Å². The van der Waals surface area contributed by atoms with Crippen LogP contribution in [0.1, 0.15) is 22.7 Å². The fraction of sp³-hybridized carbons (Fsp3) is 0.143. The quantitative estimate of drug-likeness (QED) is 0.668. The Labute approximate surface area is 118 Å². The van der Waals surface area contributed by atoms with Gasteiger partial charge in [-0.1, -0.05) is 34.1 Å². The van der Waals surface area contributed by atoms with Crippen molar-refractivity contribution in [2.45, 2.75) is 13.0 Å². The fourth-order valence-electron chi connectivity index (χ4n) is 1.98. The molecule has 2 aromatic rings. The molecule has 0 aromatic heterocycles. The van der Waals surface area contributed by atoms with Gasteiger partial charge in [-0.2, -0.15) is 0 Å². The van der Waals surface area contributed by atoms with Crippen molar-refractivity contribution < 1.29 is 8.78 Å². The van der Waals surface area contributed by atoms with Crippen LogP contribution in [0.4, 0.5) is 8.78 Å². The Morgan fingerprint density at radius 2 is 1.79 bits per heavy atom. The molecule has 2 aromatic carbocycles. The van der Waals surface area contributed by atoms with Gasteiger partial charge in [-0.05, 0) is 36.2 Å². The molecule has 5 heteroatoms. The van der Waals surface area contributed by atoms with Crippen molar-refractivity contribution in [1.29, 1.82) is 0 Å². The monoisotopic (exact) mass is 326 g/mol. The van der Waals surface area contributed by atoms with E-state index in [9.17, 15) is 8.78 Å². The van der Waals surface area contributed by atoms with Crippen molar-refractivity contribution in [3.8, 4) is 0 Å². The van der Waals surface area contributed by atoms with E-state index in [1.165, 1.54) is 18.2 Å². The molecule has 1 atom stereocenters. The zero-order valence-electron chi connectivity index (χ0n) is 10.3. The average molecular weight is 327 g/mol. The number of hydrogen-bond acceptors (Lipinski definition) is 2.